The van der Waals surface area contributed by atoms with E-state index in [4.69, 9.17) is 0 Å². The summed E-state index contributed by atoms with van der Waals surface area (Å²) in [5.41, 5.74) is -0.574. The predicted octanol–water partition coefficient (Wildman–Crippen LogP) is 0.996. The van der Waals surface area contributed by atoms with Crippen molar-refractivity contribution in [3.8, 4) is 0 Å². The Morgan fingerprint density at radius 1 is 1.27 bits per heavy atom. The maximum absolute atomic E-state index is 12.4. The number of piperidine rings is 1. The zero-order valence-corrected chi connectivity index (χ0v) is 14.0. The Hall–Kier alpha value is -1.79. The van der Waals surface area contributed by atoms with Crippen molar-refractivity contribution in [2.75, 3.05) is 27.2 Å². The third-order valence-electron chi connectivity index (χ3n) is 3.84. The van der Waals surface area contributed by atoms with Crippen molar-refractivity contribution < 1.29 is 19.5 Å². The second kappa shape index (κ2) is 6.98. The second-order valence-electron chi connectivity index (χ2n) is 7.11. The average molecular weight is 313 g/mol. The van der Waals surface area contributed by atoms with Gasteiger partial charge in [-0.1, -0.05) is 20.8 Å². The second-order valence-corrected chi connectivity index (χ2v) is 7.11. The lowest BCUT2D eigenvalue weighted by atomic mass is 9.86. The molecule has 0 aromatic carbocycles. The molecule has 0 radical (unpaired) electrons. The van der Waals surface area contributed by atoms with Gasteiger partial charge in [-0.05, 0) is 18.3 Å². The van der Waals surface area contributed by atoms with Crippen molar-refractivity contribution in [3.05, 3.63) is 0 Å². The highest BCUT2D eigenvalue weighted by atomic mass is 16.4. The molecule has 1 heterocycles. The third kappa shape index (κ3) is 4.61. The van der Waals surface area contributed by atoms with Gasteiger partial charge in [-0.3, -0.25) is 4.79 Å². The number of carbonyl (C=O) groups is 3. The number of aliphatic carboxylic acids is 1. The maximum Gasteiger partial charge on any atom is 0.326 e. The Balaban J connectivity index is 2.72. The minimum atomic E-state index is -1.04. The van der Waals surface area contributed by atoms with Crippen LogP contribution in [0.3, 0.4) is 0 Å². The zero-order valence-electron chi connectivity index (χ0n) is 14.0. The van der Waals surface area contributed by atoms with Gasteiger partial charge in [-0.15, -0.1) is 0 Å². The van der Waals surface area contributed by atoms with E-state index in [1.54, 1.807) is 39.8 Å². The lowest BCUT2D eigenvalue weighted by Gasteiger charge is -2.35. The largest absolute Gasteiger partial charge is 0.480 e. The number of hydrogen-bond acceptors (Lipinski definition) is 3. The fourth-order valence-electron chi connectivity index (χ4n) is 2.56. The molecule has 7 nitrogen and oxygen atoms in total. The first kappa shape index (κ1) is 18.3. The van der Waals surface area contributed by atoms with Gasteiger partial charge in [0.15, 0.2) is 0 Å². The standard InChI is InChI=1S/C15H27N3O4/c1-15(2,3)11(13(20)21)16-12(19)10-7-6-8-18(9-10)14(22)17(4)5/h10-11H,6-9H2,1-5H3,(H,16,19)(H,20,21)/t10-,11+/m0/s1. The highest BCUT2D eigenvalue weighted by Gasteiger charge is 2.36. The Morgan fingerprint density at radius 3 is 2.32 bits per heavy atom. The molecule has 0 spiro atoms. The van der Waals surface area contributed by atoms with Crippen molar-refractivity contribution in [2.24, 2.45) is 11.3 Å². The highest BCUT2D eigenvalue weighted by Crippen LogP contribution is 2.22. The molecule has 0 bridgehead atoms. The SMILES string of the molecule is CN(C)C(=O)N1CCC[C@H](C(=O)N[C@H](C(=O)O)C(C)(C)C)C1. The zero-order chi connectivity index (χ0) is 17.1. The quantitative estimate of drug-likeness (QED) is 0.813. The average Bonchev–Trinajstić information content (AvgIpc) is 2.42. The molecule has 3 amide bonds. The van der Waals surface area contributed by atoms with E-state index in [2.05, 4.69) is 5.32 Å². The van der Waals surface area contributed by atoms with E-state index in [0.717, 1.165) is 6.42 Å². The van der Waals surface area contributed by atoms with Crippen LogP contribution in [0.25, 0.3) is 0 Å². The maximum atomic E-state index is 12.4. The van der Waals surface area contributed by atoms with Crippen molar-refractivity contribution in [1.29, 1.82) is 0 Å². The van der Waals surface area contributed by atoms with Crippen LogP contribution in [0.1, 0.15) is 33.6 Å². The van der Waals surface area contributed by atoms with Gasteiger partial charge in [0.2, 0.25) is 5.91 Å². The van der Waals surface area contributed by atoms with Crippen LogP contribution in [0.2, 0.25) is 0 Å². The Kier molecular flexibility index (Phi) is 5.79. The van der Waals surface area contributed by atoms with Crippen molar-refractivity contribution in [1.82, 2.24) is 15.1 Å². The van der Waals surface area contributed by atoms with Gasteiger partial charge in [0.05, 0.1) is 5.92 Å². The fourth-order valence-corrected chi connectivity index (χ4v) is 2.56. The first-order valence-corrected chi connectivity index (χ1v) is 7.53. The normalized spacial score (nSPS) is 20.2. The van der Waals surface area contributed by atoms with Gasteiger partial charge in [-0.2, -0.15) is 0 Å². The molecule has 1 aliphatic rings. The summed E-state index contributed by atoms with van der Waals surface area (Å²) in [7, 11) is 3.35. The number of carbonyl (C=O) groups excluding carboxylic acids is 2. The first-order chi connectivity index (χ1) is 10.0. The molecule has 1 aliphatic heterocycles. The summed E-state index contributed by atoms with van der Waals surface area (Å²) in [6, 6.07) is -1.07. The summed E-state index contributed by atoms with van der Waals surface area (Å²) in [5.74, 6) is -1.70. The molecule has 0 aliphatic carbocycles. The van der Waals surface area contributed by atoms with E-state index in [1.165, 1.54) is 4.90 Å². The molecule has 22 heavy (non-hydrogen) atoms. The van der Waals surface area contributed by atoms with E-state index in [0.29, 0.717) is 19.5 Å². The summed E-state index contributed by atoms with van der Waals surface area (Å²) in [6.45, 7) is 6.28. The monoisotopic (exact) mass is 313 g/mol. The fraction of sp³-hybridized carbons (Fsp3) is 0.800. The van der Waals surface area contributed by atoms with Gasteiger partial charge >= 0.3 is 12.0 Å². The van der Waals surface area contributed by atoms with E-state index in [9.17, 15) is 19.5 Å². The summed E-state index contributed by atoms with van der Waals surface area (Å²) in [6.07, 6.45) is 1.41. The summed E-state index contributed by atoms with van der Waals surface area (Å²) >= 11 is 0. The van der Waals surface area contributed by atoms with E-state index >= 15 is 0 Å². The lowest BCUT2D eigenvalue weighted by Crippen LogP contribution is -2.54. The van der Waals surface area contributed by atoms with Gasteiger partial charge in [0.25, 0.3) is 0 Å². The molecule has 0 aromatic rings. The number of carboxylic acid groups (broad SMARTS) is 1. The van der Waals surface area contributed by atoms with Crippen molar-refractivity contribution >= 4 is 17.9 Å². The van der Waals surface area contributed by atoms with E-state index in [-0.39, 0.29) is 17.9 Å². The molecule has 7 heteroatoms. The highest BCUT2D eigenvalue weighted by molar-refractivity contribution is 5.86. The summed E-state index contributed by atoms with van der Waals surface area (Å²) in [5, 5.41) is 11.9. The lowest BCUT2D eigenvalue weighted by molar-refractivity contribution is -0.145. The van der Waals surface area contributed by atoms with Crippen LogP contribution >= 0.6 is 0 Å². The topological polar surface area (TPSA) is 90.0 Å². The van der Waals surface area contributed by atoms with Crippen LogP contribution in [0.4, 0.5) is 4.79 Å². The number of carboxylic acids is 1. The number of hydrogen-bond donors (Lipinski definition) is 2. The Morgan fingerprint density at radius 2 is 1.86 bits per heavy atom. The van der Waals surface area contributed by atoms with Crippen LogP contribution in [-0.4, -0.2) is 66.0 Å². The van der Waals surface area contributed by atoms with Gasteiger partial charge in [0, 0.05) is 27.2 Å². The van der Waals surface area contributed by atoms with Crippen molar-refractivity contribution in [2.45, 2.75) is 39.7 Å². The number of nitrogens with one attached hydrogen (secondary N) is 1. The van der Waals surface area contributed by atoms with Crippen LogP contribution in [0.5, 0.6) is 0 Å². The first-order valence-electron chi connectivity index (χ1n) is 7.53. The van der Waals surface area contributed by atoms with Crippen molar-refractivity contribution in [3.63, 3.8) is 0 Å². The smallest absolute Gasteiger partial charge is 0.326 e. The number of rotatable bonds is 3. The van der Waals surface area contributed by atoms with Crippen LogP contribution in [-0.2, 0) is 9.59 Å². The molecule has 0 aromatic heterocycles. The molecule has 1 saturated heterocycles. The molecule has 1 rings (SSSR count). The number of nitrogens with zero attached hydrogens (tertiary/aromatic N) is 2. The van der Waals surface area contributed by atoms with Crippen LogP contribution < -0.4 is 5.32 Å². The van der Waals surface area contributed by atoms with Gasteiger partial charge < -0.3 is 20.2 Å². The van der Waals surface area contributed by atoms with Crippen LogP contribution in [0, 0.1) is 11.3 Å². The predicted molar refractivity (Wildman–Crippen MR) is 82.4 cm³/mol. The van der Waals surface area contributed by atoms with E-state index < -0.39 is 17.4 Å². The minimum absolute atomic E-state index is 0.122. The molecule has 126 valence electrons. The Labute approximate surface area is 131 Å². The number of likely N-dealkylation sites (tertiary alicyclic amines) is 1. The molecule has 0 saturated carbocycles. The van der Waals surface area contributed by atoms with E-state index in [1.807, 2.05) is 0 Å². The Bertz CT molecular complexity index is 443. The molecule has 1 fully saturated rings. The third-order valence-corrected chi connectivity index (χ3v) is 3.84. The molecule has 0 unspecified atom stereocenters. The van der Waals surface area contributed by atoms with Gasteiger partial charge in [-0.25, -0.2) is 9.59 Å². The number of amides is 3. The summed E-state index contributed by atoms with van der Waals surface area (Å²) in [4.78, 5) is 38.8. The molecular formula is C15H27N3O4. The molecule has 2 atom stereocenters. The summed E-state index contributed by atoms with van der Waals surface area (Å²) < 4.78 is 0. The number of urea groups is 1. The molecule has 2 N–H and O–H groups in total. The van der Waals surface area contributed by atoms with Crippen LogP contribution in [0.15, 0.2) is 0 Å². The minimum Gasteiger partial charge on any atom is -0.480 e. The van der Waals surface area contributed by atoms with Gasteiger partial charge in [0.1, 0.15) is 6.04 Å². The molecular weight excluding hydrogens is 286 g/mol.